The molecule has 1 N–H and O–H groups in total. The van der Waals surface area contributed by atoms with Gasteiger partial charge in [0.15, 0.2) is 11.4 Å². The molecular weight excluding hydrogens is 474 g/mol. The van der Waals surface area contributed by atoms with Crippen LogP contribution in [0.3, 0.4) is 0 Å². The molecule has 11 nitrogen and oxygen atoms in total. The van der Waals surface area contributed by atoms with Crippen LogP contribution in [0.15, 0.2) is 58.2 Å². The van der Waals surface area contributed by atoms with Crippen molar-refractivity contribution < 1.29 is 27.2 Å². The lowest BCUT2D eigenvalue weighted by molar-refractivity contribution is 0.122. The first kappa shape index (κ1) is 23.0. The Hall–Kier alpha value is -3.77. The van der Waals surface area contributed by atoms with Crippen LogP contribution in [-0.2, 0) is 21.3 Å². The summed E-state index contributed by atoms with van der Waals surface area (Å²) >= 11 is 0. The molecule has 0 saturated carbocycles. The first-order valence-corrected chi connectivity index (χ1v) is 12.4. The number of hydrogen-bond donors (Lipinski definition) is 1. The molecule has 35 heavy (non-hydrogen) atoms. The van der Waals surface area contributed by atoms with E-state index < -0.39 is 10.0 Å². The maximum absolute atomic E-state index is 13.5. The Morgan fingerprint density at radius 1 is 1.09 bits per heavy atom. The van der Waals surface area contributed by atoms with Crippen molar-refractivity contribution in [2.45, 2.75) is 11.4 Å². The van der Waals surface area contributed by atoms with Gasteiger partial charge < -0.3 is 23.6 Å². The van der Waals surface area contributed by atoms with Crippen molar-refractivity contribution in [3.8, 4) is 11.5 Å². The van der Waals surface area contributed by atoms with E-state index in [1.54, 1.807) is 35.1 Å². The second kappa shape index (κ2) is 9.47. The molecule has 0 bridgehead atoms. The van der Waals surface area contributed by atoms with E-state index in [-0.39, 0.29) is 16.5 Å². The van der Waals surface area contributed by atoms with Crippen LogP contribution >= 0.6 is 0 Å². The number of aromatic nitrogens is 3. The minimum absolute atomic E-state index is 0.00518. The summed E-state index contributed by atoms with van der Waals surface area (Å²) in [6.07, 6.45) is 3.54. The van der Waals surface area contributed by atoms with Gasteiger partial charge in [0.05, 0.1) is 34.0 Å². The molecule has 0 spiro atoms. The van der Waals surface area contributed by atoms with E-state index in [2.05, 4.69) is 19.9 Å². The molecule has 2 aromatic heterocycles. The Morgan fingerprint density at radius 3 is 2.60 bits per heavy atom. The van der Waals surface area contributed by atoms with Gasteiger partial charge in [-0.05, 0) is 42.0 Å². The number of sulfonamides is 1. The number of morpholine rings is 1. The standard InChI is InChI=1S/C23H25N5O6S/c1-31-18-5-4-17(27-8-10-33-11-9-27)14-21(18)35(29,30)26-23-22-19(32-2)12-16(13-20(22)34-25-23)15-28-7-3-6-24-28/h3-7,12-14H,8-11,15H2,1-2H3,(H,25,26). The van der Waals surface area contributed by atoms with Gasteiger partial charge in [0.1, 0.15) is 21.8 Å². The van der Waals surface area contributed by atoms with Gasteiger partial charge >= 0.3 is 0 Å². The Bertz CT molecular complexity index is 1430. The molecule has 184 valence electrons. The van der Waals surface area contributed by atoms with Crippen LogP contribution in [0.4, 0.5) is 11.5 Å². The fourth-order valence-electron chi connectivity index (χ4n) is 4.07. The van der Waals surface area contributed by atoms with E-state index in [4.69, 9.17) is 18.7 Å². The quantitative estimate of drug-likeness (QED) is 0.390. The highest BCUT2D eigenvalue weighted by Gasteiger charge is 2.26. The van der Waals surface area contributed by atoms with E-state index in [1.807, 2.05) is 18.3 Å². The van der Waals surface area contributed by atoms with E-state index in [0.29, 0.717) is 49.6 Å². The van der Waals surface area contributed by atoms with Gasteiger partial charge in [-0.3, -0.25) is 9.40 Å². The van der Waals surface area contributed by atoms with Crippen molar-refractivity contribution in [1.29, 1.82) is 0 Å². The van der Waals surface area contributed by atoms with Crippen LogP contribution in [0.25, 0.3) is 11.0 Å². The summed E-state index contributed by atoms with van der Waals surface area (Å²) in [5, 5.41) is 8.61. The summed E-state index contributed by atoms with van der Waals surface area (Å²) in [5.41, 5.74) is 2.02. The third-order valence-electron chi connectivity index (χ3n) is 5.77. The average Bonchev–Trinajstić information content (AvgIpc) is 3.53. The van der Waals surface area contributed by atoms with Crippen molar-refractivity contribution in [3.63, 3.8) is 0 Å². The zero-order valence-corrected chi connectivity index (χ0v) is 20.1. The zero-order chi connectivity index (χ0) is 24.4. The summed E-state index contributed by atoms with van der Waals surface area (Å²) < 4.78 is 53.0. The Labute approximate surface area is 202 Å². The zero-order valence-electron chi connectivity index (χ0n) is 19.3. The minimum Gasteiger partial charge on any atom is -0.496 e. The molecule has 0 aliphatic carbocycles. The van der Waals surface area contributed by atoms with Crippen LogP contribution in [0.5, 0.6) is 11.5 Å². The van der Waals surface area contributed by atoms with Gasteiger partial charge in [0, 0.05) is 31.2 Å². The molecule has 5 rings (SSSR count). The third kappa shape index (κ3) is 4.62. The molecule has 4 aromatic rings. The average molecular weight is 500 g/mol. The summed E-state index contributed by atoms with van der Waals surface area (Å²) in [7, 11) is -1.14. The maximum atomic E-state index is 13.5. The number of ether oxygens (including phenoxy) is 3. The first-order valence-electron chi connectivity index (χ1n) is 11.0. The molecule has 1 aliphatic rings. The topological polar surface area (TPSA) is 121 Å². The molecule has 12 heteroatoms. The maximum Gasteiger partial charge on any atom is 0.266 e. The number of nitrogens with zero attached hydrogens (tertiary/aromatic N) is 4. The molecule has 3 heterocycles. The van der Waals surface area contributed by atoms with Gasteiger partial charge in [-0.15, -0.1) is 0 Å². The number of fused-ring (bicyclic) bond motifs is 1. The lowest BCUT2D eigenvalue weighted by Crippen LogP contribution is -2.36. The van der Waals surface area contributed by atoms with Crippen LogP contribution in [0.1, 0.15) is 5.56 Å². The SMILES string of the molecule is COc1ccc(N2CCOCC2)cc1S(=O)(=O)Nc1noc2cc(Cn3cccn3)cc(OC)c12. The van der Waals surface area contributed by atoms with Gasteiger partial charge in [-0.2, -0.15) is 5.10 Å². The lowest BCUT2D eigenvalue weighted by Gasteiger charge is -2.29. The number of methoxy groups -OCH3 is 2. The summed E-state index contributed by atoms with van der Waals surface area (Å²) in [4.78, 5) is 2.06. The molecule has 1 fully saturated rings. The van der Waals surface area contributed by atoms with Gasteiger partial charge in [0.25, 0.3) is 10.0 Å². The third-order valence-corrected chi connectivity index (χ3v) is 7.13. The summed E-state index contributed by atoms with van der Waals surface area (Å²) in [5.74, 6) is 0.676. The number of rotatable bonds is 8. The summed E-state index contributed by atoms with van der Waals surface area (Å²) in [6, 6.07) is 10.5. The predicted molar refractivity (Wildman–Crippen MR) is 129 cm³/mol. The highest BCUT2D eigenvalue weighted by atomic mass is 32.2. The largest absolute Gasteiger partial charge is 0.496 e. The van der Waals surface area contributed by atoms with Crippen LogP contribution in [-0.4, -0.2) is 63.9 Å². The molecular formula is C23H25N5O6S. The molecule has 0 amide bonds. The minimum atomic E-state index is -4.08. The normalized spacial score (nSPS) is 14.3. The molecule has 2 aromatic carbocycles. The molecule has 0 radical (unpaired) electrons. The Balaban J connectivity index is 1.49. The van der Waals surface area contributed by atoms with Crippen molar-refractivity contribution in [1.82, 2.24) is 14.9 Å². The number of anilines is 2. The van der Waals surface area contributed by atoms with E-state index in [0.717, 1.165) is 11.3 Å². The van der Waals surface area contributed by atoms with Crippen molar-refractivity contribution in [2.75, 3.05) is 50.1 Å². The monoisotopic (exact) mass is 499 g/mol. The van der Waals surface area contributed by atoms with Gasteiger partial charge in [-0.25, -0.2) is 8.42 Å². The molecule has 0 unspecified atom stereocenters. The van der Waals surface area contributed by atoms with Crippen molar-refractivity contribution in [3.05, 3.63) is 54.4 Å². The highest BCUT2D eigenvalue weighted by molar-refractivity contribution is 7.92. The fraction of sp³-hybridized carbons (Fsp3) is 0.304. The molecule has 0 atom stereocenters. The van der Waals surface area contributed by atoms with E-state index in [9.17, 15) is 8.42 Å². The molecule has 1 aliphatic heterocycles. The van der Waals surface area contributed by atoms with Crippen LogP contribution < -0.4 is 19.1 Å². The number of nitrogens with one attached hydrogen (secondary N) is 1. The lowest BCUT2D eigenvalue weighted by atomic mass is 10.1. The Kier molecular flexibility index (Phi) is 6.22. The highest BCUT2D eigenvalue weighted by Crippen LogP contribution is 2.36. The van der Waals surface area contributed by atoms with Crippen LogP contribution in [0, 0.1) is 0 Å². The van der Waals surface area contributed by atoms with Gasteiger partial charge in [-0.1, -0.05) is 5.16 Å². The Morgan fingerprint density at radius 2 is 1.89 bits per heavy atom. The van der Waals surface area contributed by atoms with Gasteiger partial charge in [0.2, 0.25) is 0 Å². The van der Waals surface area contributed by atoms with Crippen molar-refractivity contribution >= 4 is 32.5 Å². The van der Waals surface area contributed by atoms with E-state index in [1.165, 1.54) is 14.2 Å². The number of benzene rings is 2. The first-order chi connectivity index (χ1) is 17.0. The second-order valence-corrected chi connectivity index (χ2v) is 9.60. The van der Waals surface area contributed by atoms with E-state index >= 15 is 0 Å². The fourth-order valence-corrected chi connectivity index (χ4v) is 5.26. The van der Waals surface area contributed by atoms with Crippen molar-refractivity contribution in [2.24, 2.45) is 0 Å². The van der Waals surface area contributed by atoms with Crippen LogP contribution in [0.2, 0.25) is 0 Å². The molecule has 1 saturated heterocycles. The number of hydrogen-bond acceptors (Lipinski definition) is 9. The summed E-state index contributed by atoms with van der Waals surface area (Å²) in [6.45, 7) is 3.00. The second-order valence-electron chi connectivity index (χ2n) is 7.95. The smallest absolute Gasteiger partial charge is 0.266 e. The predicted octanol–water partition coefficient (Wildman–Crippen LogP) is 2.73.